The molecule has 0 saturated heterocycles. The van der Waals surface area contributed by atoms with Gasteiger partial charge in [-0.05, 0) is 23.8 Å². The lowest BCUT2D eigenvalue weighted by molar-refractivity contribution is -0.171. The van der Waals surface area contributed by atoms with E-state index >= 15 is 0 Å². The van der Waals surface area contributed by atoms with Crippen molar-refractivity contribution < 1.29 is 19.3 Å². The van der Waals surface area contributed by atoms with Gasteiger partial charge < -0.3 is 19.3 Å². The third-order valence-corrected chi connectivity index (χ3v) is 5.54. The van der Waals surface area contributed by atoms with Gasteiger partial charge in [-0.3, -0.25) is 0 Å². The Morgan fingerprint density at radius 1 is 1.04 bits per heavy atom. The quantitative estimate of drug-likeness (QED) is 0.801. The van der Waals surface area contributed by atoms with Gasteiger partial charge in [0.15, 0.2) is 11.5 Å². The first-order valence-corrected chi connectivity index (χ1v) is 8.42. The zero-order valence-corrected chi connectivity index (χ0v) is 14.7. The van der Waals surface area contributed by atoms with Crippen molar-refractivity contribution in [3.63, 3.8) is 0 Å². The lowest BCUT2D eigenvalue weighted by Gasteiger charge is -2.42. The molecule has 2 aliphatic rings. The van der Waals surface area contributed by atoms with Gasteiger partial charge in [0.05, 0.1) is 10.0 Å². The molecule has 2 aliphatic heterocycles. The number of rotatable bonds is 1. The van der Waals surface area contributed by atoms with E-state index in [0.717, 1.165) is 11.1 Å². The van der Waals surface area contributed by atoms with Crippen LogP contribution < -0.4 is 14.2 Å². The molecule has 0 aromatic heterocycles. The molecule has 3 atom stereocenters. The van der Waals surface area contributed by atoms with E-state index in [4.69, 9.17) is 37.4 Å². The van der Waals surface area contributed by atoms with Gasteiger partial charge in [0.25, 0.3) is 0 Å². The molecule has 4 nitrogen and oxygen atoms in total. The van der Waals surface area contributed by atoms with Crippen LogP contribution in [0.1, 0.15) is 30.9 Å². The molecule has 0 spiro atoms. The molecule has 0 fully saturated rings. The predicted octanol–water partition coefficient (Wildman–Crippen LogP) is 4.59. The van der Waals surface area contributed by atoms with Gasteiger partial charge >= 0.3 is 0 Å². The zero-order chi connectivity index (χ0) is 17.1. The van der Waals surface area contributed by atoms with Crippen molar-refractivity contribution in [1.82, 2.24) is 0 Å². The summed E-state index contributed by atoms with van der Waals surface area (Å²) in [7, 11) is 0. The van der Waals surface area contributed by atoms with Gasteiger partial charge in [0, 0.05) is 30.4 Å². The molecule has 2 aromatic rings. The molecule has 24 heavy (non-hydrogen) atoms. The van der Waals surface area contributed by atoms with E-state index < -0.39 is 5.79 Å². The molecule has 0 aliphatic carbocycles. The van der Waals surface area contributed by atoms with Gasteiger partial charge in [-0.15, -0.1) is 0 Å². The minimum absolute atomic E-state index is 0.118. The second-order valence-corrected chi connectivity index (χ2v) is 7.15. The first-order chi connectivity index (χ1) is 11.4. The summed E-state index contributed by atoms with van der Waals surface area (Å²) in [4.78, 5) is 0. The first kappa shape index (κ1) is 15.9. The number of hydrogen-bond donors (Lipinski definition) is 1. The Morgan fingerprint density at radius 2 is 1.75 bits per heavy atom. The molecule has 0 amide bonds. The van der Waals surface area contributed by atoms with Gasteiger partial charge in [-0.2, -0.15) is 0 Å². The largest absolute Gasteiger partial charge is 0.462 e. The van der Waals surface area contributed by atoms with Gasteiger partial charge in [0.2, 0.25) is 12.6 Å². The molecule has 0 unspecified atom stereocenters. The molecular formula is C18H16Cl2O4. The van der Waals surface area contributed by atoms with Crippen LogP contribution in [-0.2, 0) is 0 Å². The van der Waals surface area contributed by atoms with E-state index in [9.17, 15) is 5.11 Å². The highest BCUT2D eigenvalue weighted by Gasteiger charge is 2.44. The Balaban J connectivity index is 1.90. The summed E-state index contributed by atoms with van der Waals surface area (Å²) in [5.74, 6) is 0.231. The Hall–Kier alpha value is -1.62. The van der Waals surface area contributed by atoms with Crippen LogP contribution in [0.15, 0.2) is 30.3 Å². The molecule has 0 saturated carbocycles. The Labute approximate surface area is 149 Å². The summed E-state index contributed by atoms with van der Waals surface area (Å²) in [5, 5.41) is 11.7. The number of hydrogen-bond acceptors (Lipinski definition) is 4. The number of fused-ring (bicyclic) bond motifs is 2. The monoisotopic (exact) mass is 366 g/mol. The fourth-order valence-electron chi connectivity index (χ4n) is 3.34. The maximum Gasteiger partial charge on any atom is 0.231 e. The highest BCUT2D eigenvalue weighted by atomic mass is 35.5. The summed E-state index contributed by atoms with van der Waals surface area (Å²) in [6, 6.07) is 9.20. The van der Waals surface area contributed by atoms with Crippen LogP contribution in [0.5, 0.6) is 17.2 Å². The highest BCUT2D eigenvalue weighted by Crippen LogP contribution is 2.51. The summed E-state index contributed by atoms with van der Waals surface area (Å²) < 4.78 is 16.7. The molecule has 4 rings (SSSR count). The summed E-state index contributed by atoms with van der Waals surface area (Å²) in [5.41, 5.74) is 1.89. The van der Waals surface area contributed by atoms with E-state index in [-0.39, 0.29) is 18.6 Å². The van der Waals surface area contributed by atoms with Crippen molar-refractivity contribution in [1.29, 1.82) is 0 Å². The smallest absolute Gasteiger partial charge is 0.231 e. The Morgan fingerprint density at radius 3 is 2.46 bits per heavy atom. The summed E-state index contributed by atoms with van der Waals surface area (Å²) in [6.45, 7) is 3.79. The normalized spacial score (nSPS) is 27.5. The van der Waals surface area contributed by atoms with E-state index in [1.807, 2.05) is 25.1 Å². The van der Waals surface area contributed by atoms with Crippen LogP contribution in [0, 0.1) is 5.92 Å². The van der Waals surface area contributed by atoms with Crippen molar-refractivity contribution in [3.8, 4) is 17.2 Å². The average molecular weight is 367 g/mol. The van der Waals surface area contributed by atoms with Crippen LogP contribution >= 0.6 is 23.2 Å². The van der Waals surface area contributed by atoms with Crippen LogP contribution in [0.4, 0.5) is 0 Å². The molecule has 0 bridgehead atoms. The molecule has 6 heteroatoms. The van der Waals surface area contributed by atoms with Crippen LogP contribution in [0.25, 0.3) is 0 Å². The van der Waals surface area contributed by atoms with Crippen LogP contribution in [0.3, 0.4) is 0 Å². The van der Waals surface area contributed by atoms with E-state index in [2.05, 4.69) is 0 Å². The molecule has 2 aromatic carbocycles. The number of halogens is 2. The summed E-state index contributed by atoms with van der Waals surface area (Å²) in [6.07, 6.45) is 0. The van der Waals surface area contributed by atoms with Crippen molar-refractivity contribution in [2.45, 2.75) is 25.6 Å². The van der Waals surface area contributed by atoms with Crippen molar-refractivity contribution >= 4 is 23.2 Å². The minimum Gasteiger partial charge on any atom is -0.462 e. The minimum atomic E-state index is -1.32. The molecule has 2 heterocycles. The molecule has 1 N–H and O–H groups in total. The van der Waals surface area contributed by atoms with E-state index in [1.165, 1.54) is 0 Å². The van der Waals surface area contributed by atoms with Gasteiger partial charge in [-0.25, -0.2) is 0 Å². The third kappa shape index (κ3) is 2.41. The number of benzene rings is 2. The lowest BCUT2D eigenvalue weighted by atomic mass is 9.75. The zero-order valence-electron chi connectivity index (χ0n) is 13.2. The summed E-state index contributed by atoms with van der Waals surface area (Å²) >= 11 is 12.2. The van der Waals surface area contributed by atoms with Crippen molar-refractivity contribution in [3.05, 3.63) is 51.5 Å². The SMILES string of the molecule is C[C@@H]1[C@H](c2ccc(Cl)c(Cl)c2)c2cc3c(cc2O[C@]1(C)O)OCO3. The maximum atomic E-state index is 10.7. The third-order valence-electron chi connectivity index (χ3n) is 4.80. The van der Waals surface area contributed by atoms with Gasteiger partial charge in [0.1, 0.15) is 5.75 Å². The topological polar surface area (TPSA) is 47.9 Å². The first-order valence-electron chi connectivity index (χ1n) is 7.66. The maximum absolute atomic E-state index is 10.7. The predicted molar refractivity (Wildman–Crippen MR) is 91.3 cm³/mol. The van der Waals surface area contributed by atoms with Gasteiger partial charge in [-0.1, -0.05) is 36.2 Å². The highest BCUT2D eigenvalue weighted by molar-refractivity contribution is 6.42. The van der Waals surface area contributed by atoms with Crippen LogP contribution in [-0.4, -0.2) is 17.7 Å². The fourth-order valence-corrected chi connectivity index (χ4v) is 3.65. The second kappa shape index (κ2) is 5.45. The number of ether oxygens (including phenoxy) is 3. The van der Waals surface area contributed by atoms with E-state index in [1.54, 1.807) is 19.1 Å². The fraction of sp³-hybridized carbons (Fsp3) is 0.333. The molecule has 0 radical (unpaired) electrons. The Bertz CT molecular complexity index is 819. The van der Waals surface area contributed by atoms with E-state index in [0.29, 0.717) is 27.3 Å². The lowest BCUT2D eigenvalue weighted by Crippen LogP contribution is -2.45. The standard InChI is InChI=1S/C18H16Cl2O4/c1-9-17(10-3-4-12(19)13(20)5-10)11-6-15-16(23-8-22-15)7-14(11)24-18(9,2)21/h3-7,9,17,21H,8H2,1-2H3/t9-,17-,18+/m1/s1. The Kier molecular flexibility index (Phi) is 3.60. The average Bonchev–Trinajstić information content (AvgIpc) is 2.97. The van der Waals surface area contributed by atoms with Crippen molar-refractivity contribution in [2.75, 3.05) is 6.79 Å². The number of aliphatic hydroxyl groups is 1. The van der Waals surface area contributed by atoms with Crippen LogP contribution in [0.2, 0.25) is 10.0 Å². The molecule has 126 valence electrons. The second-order valence-electron chi connectivity index (χ2n) is 6.34. The van der Waals surface area contributed by atoms with Crippen molar-refractivity contribution in [2.24, 2.45) is 5.92 Å². The molecular weight excluding hydrogens is 351 g/mol.